The molecule has 1 aliphatic heterocycles. The highest BCUT2D eigenvalue weighted by Crippen LogP contribution is 2.20. The average molecular weight is 257 g/mol. The van der Waals surface area contributed by atoms with E-state index in [1.165, 1.54) is 0 Å². The minimum atomic E-state index is -0.626. The Balaban J connectivity index is 2.51. The number of thiocarbonyl (C=S) groups is 1. The third-order valence-corrected chi connectivity index (χ3v) is 2.92. The number of rotatable bonds is 2. The van der Waals surface area contributed by atoms with Crippen molar-refractivity contribution in [1.29, 1.82) is 0 Å². The van der Waals surface area contributed by atoms with Gasteiger partial charge in [-0.3, -0.25) is 9.59 Å². The molecule has 1 rings (SSSR count). The SMILES string of the molecule is CC1CC(C)CN(C(=O)C(=O)NCC(N)=S)C1. The van der Waals surface area contributed by atoms with Crippen molar-refractivity contribution in [2.75, 3.05) is 19.6 Å². The molecule has 0 aliphatic carbocycles. The van der Waals surface area contributed by atoms with E-state index in [0.29, 0.717) is 24.9 Å². The van der Waals surface area contributed by atoms with Crippen molar-refractivity contribution in [3.63, 3.8) is 0 Å². The van der Waals surface area contributed by atoms with E-state index in [1.54, 1.807) is 4.90 Å². The molecular weight excluding hydrogens is 238 g/mol. The molecule has 0 aromatic heterocycles. The number of likely N-dealkylation sites (tertiary alicyclic amines) is 1. The molecule has 3 N–H and O–H groups in total. The number of hydrogen-bond donors (Lipinski definition) is 2. The van der Waals surface area contributed by atoms with Gasteiger partial charge in [0.25, 0.3) is 0 Å². The third-order valence-electron chi connectivity index (χ3n) is 2.77. The summed E-state index contributed by atoms with van der Waals surface area (Å²) >= 11 is 4.63. The van der Waals surface area contributed by atoms with Crippen molar-refractivity contribution in [2.24, 2.45) is 17.6 Å². The zero-order valence-corrected chi connectivity index (χ0v) is 11.0. The van der Waals surface area contributed by atoms with Crippen LogP contribution in [-0.4, -0.2) is 41.3 Å². The van der Waals surface area contributed by atoms with Gasteiger partial charge in [0, 0.05) is 13.1 Å². The standard InChI is InChI=1S/C11H19N3O2S/c1-7-3-8(2)6-14(5-7)11(16)10(15)13-4-9(12)17/h7-8H,3-6H2,1-2H3,(H2,12,17)(H,13,15). The van der Waals surface area contributed by atoms with Crippen molar-refractivity contribution in [3.8, 4) is 0 Å². The molecule has 5 nitrogen and oxygen atoms in total. The minimum Gasteiger partial charge on any atom is -0.392 e. The van der Waals surface area contributed by atoms with Crippen LogP contribution in [0, 0.1) is 11.8 Å². The van der Waals surface area contributed by atoms with Crippen LogP contribution in [0.4, 0.5) is 0 Å². The number of nitrogens with one attached hydrogen (secondary N) is 1. The monoisotopic (exact) mass is 257 g/mol. The molecule has 17 heavy (non-hydrogen) atoms. The first-order chi connectivity index (χ1) is 7.90. The molecule has 0 aromatic rings. The lowest BCUT2D eigenvalue weighted by atomic mass is 9.92. The number of nitrogens with two attached hydrogens (primary N) is 1. The third kappa shape index (κ3) is 4.30. The lowest BCUT2D eigenvalue weighted by Crippen LogP contribution is -2.49. The molecule has 0 radical (unpaired) electrons. The predicted molar refractivity (Wildman–Crippen MR) is 69.3 cm³/mol. The highest BCUT2D eigenvalue weighted by atomic mass is 32.1. The molecule has 1 saturated heterocycles. The summed E-state index contributed by atoms with van der Waals surface area (Å²) in [6.45, 7) is 5.53. The Kier molecular flexibility index (Phi) is 4.86. The second kappa shape index (κ2) is 5.95. The molecule has 1 heterocycles. The van der Waals surface area contributed by atoms with Crippen LogP contribution in [-0.2, 0) is 9.59 Å². The fourth-order valence-corrected chi connectivity index (χ4v) is 2.29. The molecule has 0 bridgehead atoms. The highest BCUT2D eigenvalue weighted by molar-refractivity contribution is 7.80. The second-order valence-corrected chi connectivity index (χ2v) is 5.33. The summed E-state index contributed by atoms with van der Waals surface area (Å²) < 4.78 is 0. The lowest BCUT2D eigenvalue weighted by molar-refractivity contribution is -0.147. The van der Waals surface area contributed by atoms with Crippen LogP contribution in [0.2, 0.25) is 0 Å². The molecule has 1 aliphatic rings. The maximum Gasteiger partial charge on any atom is 0.311 e. The zero-order valence-electron chi connectivity index (χ0n) is 10.2. The number of piperidine rings is 1. The predicted octanol–water partition coefficient (Wildman–Crippen LogP) is -0.107. The molecule has 2 atom stereocenters. The highest BCUT2D eigenvalue weighted by Gasteiger charge is 2.28. The van der Waals surface area contributed by atoms with E-state index in [-0.39, 0.29) is 11.5 Å². The Hall–Kier alpha value is -1.17. The van der Waals surface area contributed by atoms with Gasteiger partial charge in [-0.1, -0.05) is 26.1 Å². The zero-order chi connectivity index (χ0) is 13.0. The second-order valence-electron chi connectivity index (χ2n) is 4.81. The van der Waals surface area contributed by atoms with Gasteiger partial charge >= 0.3 is 11.8 Å². The van der Waals surface area contributed by atoms with Gasteiger partial charge in [0.05, 0.1) is 11.5 Å². The Morgan fingerprint density at radius 3 is 2.35 bits per heavy atom. The lowest BCUT2D eigenvalue weighted by Gasteiger charge is -2.34. The first kappa shape index (κ1) is 13.9. The Bertz CT molecular complexity index is 323. The Labute approximate surface area is 107 Å². The van der Waals surface area contributed by atoms with Crippen LogP contribution >= 0.6 is 12.2 Å². The average Bonchev–Trinajstić information content (AvgIpc) is 2.23. The molecule has 96 valence electrons. The minimum absolute atomic E-state index is 0.0683. The fourth-order valence-electron chi connectivity index (χ4n) is 2.22. The van der Waals surface area contributed by atoms with E-state index in [0.717, 1.165) is 6.42 Å². The quantitative estimate of drug-likeness (QED) is 0.535. The van der Waals surface area contributed by atoms with Gasteiger partial charge in [-0.05, 0) is 18.3 Å². The summed E-state index contributed by atoms with van der Waals surface area (Å²) in [5.41, 5.74) is 5.26. The summed E-state index contributed by atoms with van der Waals surface area (Å²) in [5.74, 6) is -0.240. The van der Waals surface area contributed by atoms with E-state index in [1.807, 2.05) is 0 Å². The van der Waals surface area contributed by atoms with Crippen LogP contribution < -0.4 is 11.1 Å². The van der Waals surface area contributed by atoms with Gasteiger partial charge in [-0.2, -0.15) is 0 Å². The van der Waals surface area contributed by atoms with Gasteiger partial charge in [0.2, 0.25) is 0 Å². The largest absolute Gasteiger partial charge is 0.392 e. The summed E-state index contributed by atoms with van der Waals surface area (Å²) in [6.07, 6.45) is 1.10. The number of nitrogens with zero attached hydrogens (tertiary/aromatic N) is 1. The maximum absolute atomic E-state index is 11.8. The van der Waals surface area contributed by atoms with Crippen molar-refractivity contribution >= 4 is 29.0 Å². The first-order valence-corrected chi connectivity index (χ1v) is 6.16. The molecular formula is C11H19N3O2S. The van der Waals surface area contributed by atoms with Crippen molar-refractivity contribution in [2.45, 2.75) is 20.3 Å². The first-order valence-electron chi connectivity index (χ1n) is 5.75. The smallest absolute Gasteiger partial charge is 0.311 e. The number of carbonyl (C=O) groups is 2. The Morgan fingerprint density at radius 2 is 1.88 bits per heavy atom. The molecule has 1 fully saturated rings. The molecule has 0 aromatic carbocycles. The van der Waals surface area contributed by atoms with E-state index in [2.05, 4.69) is 31.4 Å². The molecule has 2 unspecified atom stereocenters. The van der Waals surface area contributed by atoms with E-state index >= 15 is 0 Å². The molecule has 6 heteroatoms. The van der Waals surface area contributed by atoms with Crippen molar-refractivity contribution < 1.29 is 9.59 Å². The van der Waals surface area contributed by atoms with Gasteiger partial charge < -0.3 is 16.0 Å². The van der Waals surface area contributed by atoms with Gasteiger partial charge in [0.1, 0.15) is 0 Å². The summed E-state index contributed by atoms with van der Waals surface area (Å²) in [7, 11) is 0. The van der Waals surface area contributed by atoms with Crippen LogP contribution in [0.3, 0.4) is 0 Å². The summed E-state index contributed by atoms with van der Waals surface area (Å²) in [6, 6.07) is 0. The van der Waals surface area contributed by atoms with Crippen molar-refractivity contribution in [3.05, 3.63) is 0 Å². The number of hydrogen-bond acceptors (Lipinski definition) is 3. The van der Waals surface area contributed by atoms with Gasteiger partial charge in [-0.15, -0.1) is 0 Å². The molecule has 0 saturated carbocycles. The van der Waals surface area contributed by atoms with E-state index < -0.39 is 11.8 Å². The van der Waals surface area contributed by atoms with Gasteiger partial charge in [0.15, 0.2) is 0 Å². The summed E-state index contributed by atoms with van der Waals surface area (Å²) in [5, 5.41) is 2.41. The van der Waals surface area contributed by atoms with Crippen molar-refractivity contribution in [1.82, 2.24) is 10.2 Å². The normalized spacial score (nSPS) is 24.2. The summed E-state index contributed by atoms with van der Waals surface area (Å²) in [4.78, 5) is 25.2. The number of amides is 2. The Morgan fingerprint density at radius 1 is 1.35 bits per heavy atom. The van der Waals surface area contributed by atoms with E-state index in [4.69, 9.17) is 5.73 Å². The molecule has 0 spiro atoms. The topological polar surface area (TPSA) is 75.4 Å². The van der Waals surface area contributed by atoms with Gasteiger partial charge in [-0.25, -0.2) is 0 Å². The van der Waals surface area contributed by atoms with Crippen LogP contribution in [0.25, 0.3) is 0 Å². The van der Waals surface area contributed by atoms with E-state index in [9.17, 15) is 9.59 Å². The van der Waals surface area contributed by atoms with Crippen LogP contribution in [0.15, 0.2) is 0 Å². The number of carbonyl (C=O) groups excluding carboxylic acids is 2. The van der Waals surface area contributed by atoms with Crippen LogP contribution in [0.5, 0.6) is 0 Å². The maximum atomic E-state index is 11.8. The molecule has 2 amide bonds. The van der Waals surface area contributed by atoms with Crippen LogP contribution in [0.1, 0.15) is 20.3 Å². The fraction of sp³-hybridized carbons (Fsp3) is 0.727.